The van der Waals surface area contributed by atoms with Crippen LogP contribution in [0.4, 0.5) is 5.69 Å². The second-order valence-corrected chi connectivity index (χ2v) is 5.88. The van der Waals surface area contributed by atoms with Crippen molar-refractivity contribution in [1.29, 1.82) is 0 Å². The van der Waals surface area contributed by atoms with Gasteiger partial charge in [-0.25, -0.2) is 0 Å². The summed E-state index contributed by atoms with van der Waals surface area (Å²) in [5.74, 6) is 0.168. The number of piperidine rings is 1. The average Bonchev–Trinajstić information content (AvgIpc) is 3.17. The molecule has 3 heterocycles. The fourth-order valence-electron chi connectivity index (χ4n) is 3.35. The summed E-state index contributed by atoms with van der Waals surface area (Å²) in [5, 5.41) is 7.95. The van der Waals surface area contributed by atoms with Crippen LogP contribution in [0, 0.1) is 0 Å². The van der Waals surface area contributed by atoms with E-state index in [1.165, 1.54) is 0 Å². The van der Waals surface area contributed by atoms with E-state index in [1.54, 1.807) is 11.1 Å². The summed E-state index contributed by atoms with van der Waals surface area (Å²) < 4.78 is 0. The molecule has 0 aliphatic carbocycles. The largest absolute Gasteiger partial charge is 0.360 e. The van der Waals surface area contributed by atoms with Gasteiger partial charge in [-0.05, 0) is 31.4 Å². The van der Waals surface area contributed by atoms with E-state index in [4.69, 9.17) is 0 Å². The number of benzene rings is 1. The molecule has 5 heteroatoms. The van der Waals surface area contributed by atoms with Gasteiger partial charge in [0.2, 0.25) is 5.91 Å². The highest BCUT2D eigenvalue weighted by Gasteiger charge is 2.35. The molecule has 3 aliphatic rings. The number of hydrogen-bond acceptors (Lipinski definition) is 4. The van der Waals surface area contributed by atoms with E-state index in [0.717, 1.165) is 42.8 Å². The van der Waals surface area contributed by atoms with Gasteiger partial charge in [0.1, 0.15) is 6.04 Å². The molecule has 1 saturated heterocycles. The summed E-state index contributed by atoms with van der Waals surface area (Å²) in [6, 6.07) is 10.1. The molecule has 1 fully saturated rings. The summed E-state index contributed by atoms with van der Waals surface area (Å²) in [5.41, 5.74) is 3.00. The lowest BCUT2D eigenvalue weighted by molar-refractivity contribution is -0.129. The molecule has 5 nitrogen and oxygen atoms in total. The normalized spacial score (nSPS) is 23.4. The van der Waals surface area contributed by atoms with Crippen molar-refractivity contribution in [2.24, 2.45) is 10.2 Å². The minimum absolute atomic E-state index is 0.0793. The smallest absolute Gasteiger partial charge is 0.249 e. The fraction of sp³-hybridized carbons (Fsp3) is 0.353. The van der Waals surface area contributed by atoms with Gasteiger partial charge < -0.3 is 9.80 Å². The number of rotatable bonds is 2. The fourth-order valence-corrected chi connectivity index (χ4v) is 3.35. The zero-order valence-corrected chi connectivity index (χ0v) is 12.4. The van der Waals surface area contributed by atoms with E-state index in [-0.39, 0.29) is 11.9 Å². The molecule has 1 aromatic rings. The van der Waals surface area contributed by atoms with Crippen LogP contribution >= 0.6 is 0 Å². The average molecular weight is 294 g/mol. The Bertz CT molecular complexity index is 677. The summed E-state index contributed by atoms with van der Waals surface area (Å²) in [6.45, 7) is 1.49. The molecule has 112 valence electrons. The first-order valence-corrected chi connectivity index (χ1v) is 7.77. The SMILES string of the molecule is O=C(C1CCCCN1c1ccccc1)N1C=C2C=NN=C2C1. The number of carbonyl (C=O) groups excluding carboxylic acids is 1. The molecular weight excluding hydrogens is 276 g/mol. The Balaban J connectivity index is 1.57. The lowest BCUT2D eigenvalue weighted by atomic mass is 10.00. The van der Waals surface area contributed by atoms with Crippen molar-refractivity contribution in [3.05, 3.63) is 42.1 Å². The minimum Gasteiger partial charge on any atom is -0.360 e. The van der Waals surface area contributed by atoms with Crippen LogP contribution in [0.15, 0.2) is 52.3 Å². The number of nitrogens with zero attached hydrogens (tertiary/aromatic N) is 4. The van der Waals surface area contributed by atoms with Crippen LogP contribution in [0.3, 0.4) is 0 Å². The van der Waals surface area contributed by atoms with Crippen LogP contribution in [-0.2, 0) is 4.79 Å². The highest BCUT2D eigenvalue weighted by atomic mass is 16.2. The van der Waals surface area contributed by atoms with Crippen LogP contribution in [0.5, 0.6) is 0 Å². The Morgan fingerprint density at radius 1 is 1.18 bits per heavy atom. The summed E-state index contributed by atoms with van der Waals surface area (Å²) in [7, 11) is 0. The third-order valence-electron chi connectivity index (χ3n) is 4.48. The molecular formula is C17H18N4O. The predicted octanol–water partition coefficient (Wildman–Crippen LogP) is 2.21. The summed E-state index contributed by atoms with van der Waals surface area (Å²) in [6.07, 6.45) is 6.76. The van der Waals surface area contributed by atoms with Gasteiger partial charge in [0.05, 0.1) is 18.5 Å². The highest BCUT2D eigenvalue weighted by Crippen LogP contribution is 2.27. The quantitative estimate of drug-likeness (QED) is 0.839. The topological polar surface area (TPSA) is 48.3 Å². The standard InChI is InChI=1S/C17H18N4O/c22-17(20-11-13-10-18-19-15(13)12-20)16-8-4-5-9-21(16)14-6-2-1-3-7-14/h1-3,6-7,10-11,16H,4-5,8-9,12H2. The van der Waals surface area contributed by atoms with E-state index in [1.807, 2.05) is 24.4 Å². The maximum absolute atomic E-state index is 13.0. The van der Waals surface area contributed by atoms with Gasteiger partial charge >= 0.3 is 0 Å². The Hall–Kier alpha value is -2.43. The molecule has 0 aromatic heterocycles. The maximum Gasteiger partial charge on any atom is 0.249 e. The second-order valence-electron chi connectivity index (χ2n) is 5.88. The molecule has 1 atom stereocenters. The molecule has 0 radical (unpaired) electrons. The first-order chi connectivity index (χ1) is 10.8. The third kappa shape index (κ3) is 2.22. The Labute approximate surface area is 129 Å². The first-order valence-electron chi connectivity index (χ1n) is 7.77. The Kier molecular flexibility index (Phi) is 3.25. The third-order valence-corrected chi connectivity index (χ3v) is 4.48. The van der Waals surface area contributed by atoms with Crippen molar-refractivity contribution >= 4 is 23.5 Å². The van der Waals surface area contributed by atoms with Gasteiger partial charge in [0.15, 0.2) is 0 Å². The van der Waals surface area contributed by atoms with Crippen molar-refractivity contribution in [3.8, 4) is 0 Å². The molecule has 0 spiro atoms. The maximum atomic E-state index is 13.0. The van der Waals surface area contributed by atoms with E-state index in [2.05, 4.69) is 27.2 Å². The van der Waals surface area contributed by atoms with Gasteiger partial charge in [-0.3, -0.25) is 4.79 Å². The molecule has 0 N–H and O–H groups in total. The van der Waals surface area contributed by atoms with E-state index >= 15 is 0 Å². The summed E-state index contributed by atoms with van der Waals surface area (Å²) in [4.78, 5) is 17.0. The predicted molar refractivity (Wildman–Crippen MR) is 87.2 cm³/mol. The van der Waals surface area contributed by atoms with Crippen LogP contribution in [0.1, 0.15) is 19.3 Å². The molecule has 1 aromatic carbocycles. The van der Waals surface area contributed by atoms with Gasteiger partial charge in [-0.2, -0.15) is 10.2 Å². The Morgan fingerprint density at radius 2 is 2.05 bits per heavy atom. The van der Waals surface area contributed by atoms with Gasteiger partial charge in [-0.1, -0.05) is 18.2 Å². The first kappa shape index (κ1) is 13.2. The van der Waals surface area contributed by atoms with Crippen LogP contribution in [-0.4, -0.2) is 41.9 Å². The number of amides is 1. The molecule has 1 amide bonds. The number of anilines is 1. The van der Waals surface area contributed by atoms with Crippen LogP contribution in [0.2, 0.25) is 0 Å². The summed E-state index contributed by atoms with van der Waals surface area (Å²) >= 11 is 0. The molecule has 0 saturated carbocycles. The monoisotopic (exact) mass is 294 g/mol. The van der Waals surface area contributed by atoms with Crippen molar-refractivity contribution in [2.75, 3.05) is 18.0 Å². The number of hydrogen-bond donors (Lipinski definition) is 0. The minimum atomic E-state index is -0.0793. The van der Waals surface area contributed by atoms with Gasteiger partial charge in [0.25, 0.3) is 0 Å². The number of carbonyl (C=O) groups is 1. The molecule has 0 bridgehead atoms. The van der Waals surface area contributed by atoms with Crippen molar-refractivity contribution in [2.45, 2.75) is 25.3 Å². The van der Waals surface area contributed by atoms with Gasteiger partial charge in [-0.15, -0.1) is 0 Å². The van der Waals surface area contributed by atoms with Crippen LogP contribution < -0.4 is 4.90 Å². The zero-order valence-electron chi connectivity index (χ0n) is 12.4. The van der Waals surface area contributed by atoms with Crippen molar-refractivity contribution in [1.82, 2.24) is 4.90 Å². The van der Waals surface area contributed by atoms with Crippen molar-refractivity contribution in [3.63, 3.8) is 0 Å². The van der Waals surface area contributed by atoms with Crippen LogP contribution in [0.25, 0.3) is 0 Å². The second kappa shape index (κ2) is 5.40. The lowest BCUT2D eigenvalue weighted by Crippen LogP contribution is -2.49. The number of para-hydroxylation sites is 1. The molecule has 3 aliphatic heterocycles. The highest BCUT2D eigenvalue weighted by molar-refractivity contribution is 6.22. The zero-order chi connectivity index (χ0) is 14.9. The van der Waals surface area contributed by atoms with E-state index in [0.29, 0.717) is 6.54 Å². The Morgan fingerprint density at radius 3 is 2.86 bits per heavy atom. The molecule has 1 unspecified atom stereocenters. The number of fused-ring (bicyclic) bond motifs is 1. The van der Waals surface area contributed by atoms with E-state index in [9.17, 15) is 4.79 Å². The molecule has 4 rings (SSSR count). The van der Waals surface area contributed by atoms with Crippen molar-refractivity contribution < 1.29 is 4.79 Å². The van der Waals surface area contributed by atoms with Gasteiger partial charge in [0, 0.05) is 24.0 Å². The van der Waals surface area contributed by atoms with E-state index < -0.39 is 0 Å². The lowest BCUT2D eigenvalue weighted by Gasteiger charge is -2.38. The molecule has 22 heavy (non-hydrogen) atoms.